The SMILES string of the molecule is Cc1cc(-c2cc(F)c(C(=O)NCc3ccc(C#N)cc3)cc2O)sn1.O=C1OC[C@@H]2CCCCN12.[HH]. The van der Waals surface area contributed by atoms with Gasteiger partial charge in [0.15, 0.2) is 0 Å². The lowest BCUT2D eigenvalue weighted by molar-refractivity contribution is 0.0946. The van der Waals surface area contributed by atoms with E-state index in [-0.39, 0.29) is 25.4 Å². The van der Waals surface area contributed by atoms with Crippen molar-refractivity contribution >= 4 is 23.5 Å². The van der Waals surface area contributed by atoms with Crippen LogP contribution in [-0.2, 0) is 11.3 Å². The highest BCUT2D eigenvalue weighted by atomic mass is 32.1. The van der Waals surface area contributed by atoms with Crippen LogP contribution >= 0.6 is 11.5 Å². The highest BCUT2D eigenvalue weighted by Crippen LogP contribution is 2.34. The van der Waals surface area contributed by atoms with Gasteiger partial charge < -0.3 is 20.1 Å². The van der Waals surface area contributed by atoms with Crippen molar-refractivity contribution < 1.29 is 25.2 Å². The quantitative estimate of drug-likeness (QED) is 0.510. The largest absolute Gasteiger partial charge is 0.507 e. The van der Waals surface area contributed by atoms with E-state index in [0.717, 1.165) is 54.3 Å². The first kappa shape index (κ1) is 25.1. The maximum Gasteiger partial charge on any atom is 0.410 e. The van der Waals surface area contributed by atoms with Gasteiger partial charge in [0.1, 0.15) is 18.2 Å². The first-order chi connectivity index (χ1) is 17.4. The van der Waals surface area contributed by atoms with Crippen molar-refractivity contribution in [3.63, 3.8) is 0 Å². The number of aromatic nitrogens is 1. The molecule has 2 N–H and O–H groups in total. The Morgan fingerprint density at radius 2 is 2.11 bits per heavy atom. The molecule has 0 radical (unpaired) electrons. The van der Waals surface area contributed by atoms with E-state index in [9.17, 15) is 19.1 Å². The van der Waals surface area contributed by atoms with Crippen LogP contribution < -0.4 is 5.32 Å². The minimum Gasteiger partial charge on any atom is -0.507 e. The number of amides is 2. The van der Waals surface area contributed by atoms with Crippen molar-refractivity contribution in [1.82, 2.24) is 14.6 Å². The third kappa shape index (κ3) is 5.80. The van der Waals surface area contributed by atoms with Crippen molar-refractivity contribution in [1.29, 1.82) is 5.26 Å². The highest BCUT2D eigenvalue weighted by molar-refractivity contribution is 7.09. The summed E-state index contributed by atoms with van der Waals surface area (Å²) in [5.74, 6) is -1.53. The lowest BCUT2D eigenvalue weighted by Gasteiger charge is -2.25. The van der Waals surface area contributed by atoms with Crippen LogP contribution in [0.2, 0.25) is 0 Å². The average molecular weight is 511 g/mol. The van der Waals surface area contributed by atoms with Gasteiger partial charge >= 0.3 is 6.09 Å². The van der Waals surface area contributed by atoms with Crippen LogP contribution in [-0.4, -0.2) is 45.6 Å². The molecule has 1 atom stereocenters. The number of hydrogen-bond donors (Lipinski definition) is 2. The van der Waals surface area contributed by atoms with Crippen LogP contribution in [0, 0.1) is 24.1 Å². The van der Waals surface area contributed by atoms with E-state index < -0.39 is 11.7 Å². The lowest BCUT2D eigenvalue weighted by Crippen LogP contribution is -2.37. The van der Waals surface area contributed by atoms with E-state index in [1.807, 2.05) is 11.0 Å². The van der Waals surface area contributed by atoms with Gasteiger partial charge in [-0.25, -0.2) is 9.18 Å². The standard InChI is InChI=1S/C19H14FN3O2S.C7H11NO2.H2/c1-11-6-18(26-23-11)15-7-16(20)14(8-17(15)24)19(25)22-10-13-4-2-12(9-21)3-5-13;9-7-8-4-2-1-3-6(8)5-10-7;/h2-8,24H,10H2,1H3,(H,22,25);6H,1-5H2;1H/t;6-;/m.0./s1. The third-order valence-electron chi connectivity index (χ3n) is 6.02. The molecular weight excluding hydrogens is 483 g/mol. The number of phenols is 1. The molecule has 2 fully saturated rings. The fourth-order valence-corrected chi connectivity index (χ4v) is 4.84. The fraction of sp³-hybridized carbons (Fsp3) is 0.308. The molecule has 0 bridgehead atoms. The number of hydrogen-bond acceptors (Lipinski definition) is 7. The van der Waals surface area contributed by atoms with Crippen molar-refractivity contribution in [2.45, 2.75) is 38.8 Å². The molecular formula is C26H27FN4O4S. The minimum absolute atomic E-state index is 0. The van der Waals surface area contributed by atoms with Crippen LogP contribution in [0.25, 0.3) is 10.4 Å². The molecule has 0 saturated carbocycles. The van der Waals surface area contributed by atoms with E-state index in [4.69, 9.17) is 10.00 Å². The predicted molar refractivity (Wildman–Crippen MR) is 134 cm³/mol. The first-order valence-corrected chi connectivity index (χ1v) is 12.3. The summed E-state index contributed by atoms with van der Waals surface area (Å²) in [6, 6.07) is 13.1. The number of fused-ring (bicyclic) bond motifs is 1. The second-order valence-corrected chi connectivity index (χ2v) is 9.40. The summed E-state index contributed by atoms with van der Waals surface area (Å²) in [5.41, 5.74) is 2.13. The number of benzene rings is 2. The Morgan fingerprint density at radius 1 is 1.33 bits per heavy atom. The smallest absolute Gasteiger partial charge is 0.410 e. The van der Waals surface area contributed by atoms with Crippen LogP contribution in [0.4, 0.5) is 9.18 Å². The van der Waals surface area contributed by atoms with Gasteiger partial charge in [0, 0.05) is 20.1 Å². The molecule has 188 valence electrons. The zero-order valence-corrected chi connectivity index (χ0v) is 20.5. The van der Waals surface area contributed by atoms with Crippen LogP contribution in [0.3, 0.4) is 0 Å². The zero-order valence-electron chi connectivity index (χ0n) is 19.7. The van der Waals surface area contributed by atoms with Crippen molar-refractivity contribution in [3.8, 4) is 22.3 Å². The van der Waals surface area contributed by atoms with Crippen molar-refractivity contribution in [2.24, 2.45) is 0 Å². The average Bonchev–Trinajstić information content (AvgIpc) is 3.50. The summed E-state index contributed by atoms with van der Waals surface area (Å²) in [6.45, 7) is 3.52. The number of nitrogens with zero attached hydrogens (tertiary/aromatic N) is 3. The predicted octanol–water partition coefficient (Wildman–Crippen LogP) is 5.00. The zero-order chi connectivity index (χ0) is 25.7. The number of nitrogens with one attached hydrogen (secondary N) is 1. The molecule has 2 saturated heterocycles. The second kappa shape index (κ2) is 11.2. The second-order valence-electron chi connectivity index (χ2n) is 8.59. The van der Waals surface area contributed by atoms with Crippen LogP contribution in [0.1, 0.15) is 47.9 Å². The van der Waals surface area contributed by atoms with Crippen molar-refractivity contribution in [3.05, 3.63) is 70.7 Å². The van der Waals surface area contributed by atoms with E-state index in [0.29, 0.717) is 28.7 Å². The van der Waals surface area contributed by atoms with Gasteiger partial charge in [-0.05, 0) is 73.6 Å². The molecule has 1 aromatic heterocycles. The molecule has 0 unspecified atom stereocenters. The maximum atomic E-state index is 14.4. The summed E-state index contributed by atoms with van der Waals surface area (Å²) < 4.78 is 23.4. The van der Waals surface area contributed by atoms with Gasteiger partial charge in [-0.15, -0.1) is 0 Å². The number of carbonyl (C=O) groups excluding carboxylic acids is 2. The number of ether oxygens (including phenoxy) is 1. The Balaban J connectivity index is 0.000000288. The number of rotatable bonds is 4. The van der Waals surface area contributed by atoms with Gasteiger partial charge in [-0.2, -0.15) is 9.64 Å². The van der Waals surface area contributed by atoms with E-state index in [1.54, 1.807) is 37.3 Å². The number of piperidine rings is 1. The topological polar surface area (TPSA) is 116 Å². The van der Waals surface area contributed by atoms with Crippen LogP contribution in [0.5, 0.6) is 5.75 Å². The molecule has 10 heteroatoms. The molecule has 2 aliphatic heterocycles. The molecule has 3 heterocycles. The number of aromatic hydroxyl groups is 1. The Morgan fingerprint density at radius 3 is 2.78 bits per heavy atom. The molecule has 36 heavy (non-hydrogen) atoms. The Kier molecular flexibility index (Phi) is 7.80. The number of carbonyl (C=O) groups is 2. The Bertz CT molecular complexity index is 1310. The molecule has 2 aliphatic rings. The first-order valence-electron chi connectivity index (χ1n) is 11.5. The van der Waals surface area contributed by atoms with Gasteiger partial charge in [0.05, 0.1) is 33.8 Å². The lowest BCUT2D eigenvalue weighted by atomic mass is 10.0. The van der Waals surface area contributed by atoms with Crippen LogP contribution in [0.15, 0.2) is 42.5 Å². The molecule has 2 amide bonds. The van der Waals surface area contributed by atoms with Gasteiger partial charge in [0.2, 0.25) is 0 Å². The van der Waals surface area contributed by atoms with Gasteiger partial charge in [-0.1, -0.05) is 12.1 Å². The third-order valence-corrected chi connectivity index (χ3v) is 6.93. The number of phenolic OH excluding ortho intramolecular Hbond substituents is 1. The minimum atomic E-state index is -0.721. The van der Waals surface area contributed by atoms with Gasteiger partial charge in [0.25, 0.3) is 5.91 Å². The number of halogens is 1. The number of cyclic esters (lactones) is 1. The maximum absolute atomic E-state index is 14.4. The number of nitriles is 1. The summed E-state index contributed by atoms with van der Waals surface area (Å²) in [6.07, 6.45) is 3.42. The monoisotopic (exact) mass is 510 g/mol. The van der Waals surface area contributed by atoms with E-state index in [2.05, 4.69) is 9.69 Å². The summed E-state index contributed by atoms with van der Waals surface area (Å²) in [4.78, 5) is 25.6. The summed E-state index contributed by atoms with van der Waals surface area (Å²) in [5, 5.41) is 21.5. The van der Waals surface area contributed by atoms with E-state index in [1.165, 1.54) is 6.42 Å². The summed E-state index contributed by atoms with van der Waals surface area (Å²) >= 11 is 1.15. The molecule has 5 rings (SSSR count). The van der Waals surface area contributed by atoms with Gasteiger partial charge in [-0.3, -0.25) is 4.79 Å². The summed E-state index contributed by atoms with van der Waals surface area (Å²) in [7, 11) is 0. The fourth-order valence-electron chi connectivity index (χ4n) is 4.06. The van der Waals surface area contributed by atoms with E-state index >= 15 is 0 Å². The van der Waals surface area contributed by atoms with Crippen molar-refractivity contribution in [2.75, 3.05) is 13.2 Å². The molecule has 0 spiro atoms. The normalized spacial score (nSPS) is 16.3. The molecule has 2 aromatic carbocycles. The highest BCUT2D eigenvalue weighted by Gasteiger charge is 2.34. The number of aryl methyl sites for hydroxylation is 1. The molecule has 0 aliphatic carbocycles. The molecule has 3 aromatic rings. The Hall–Kier alpha value is -3.97. The molecule has 8 nitrogen and oxygen atoms in total. The Labute approximate surface area is 213 Å².